The summed E-state index contributed by atoms with van der Waals surface area (Å²) in [5.74, 6) is -1.74. The van der Waals surface area contributed by atoms with Gasteiger partial charge in [-0.3, -0.25) is 14.5 Å². The molecule has 1 saturated carbocycles. The first kappa shape index (κ1) is 16.4. The summed E-state index contributed by atoms with van der Waals surface area (Å²) in [5, 5.41) is 9.57. The molecular formula is C19H21NO4. The lowest BCUT2D eigenvalue weighted by molar-refractivity contribution is -0.141. The molecule has 126 valence electrons. The first-order valence-electron chi connectivity index (χ1n) is 8.35. The van der Waals surface area contributed by atoms with Gasteiger partial charge < -0.3 is 5.11 Å². The fourth-order valence-corrected chi connectivity index (χ4v) is 3.75. The minimum Gasteiger partial charge on any atom is -0.480 e. The number of benzene rings is 1. The number of hydrogen-bond donors (Lipinski definition) is 1. The van der Waals surface area contributed by atoms with Gasteiger partial charge in [0.25, 0.3) is 11.8 Å². The largest absolute Gasteiger partial charge is 0.480 e. The summed E-state index contributed by atoms with van der Waals surface area (Å²) in [7, 11) is 0. The summed E-state index contributed by atoms with van der Waals surface area (Å²) in [4.78, 5) is 37.6. The van der Waals surface area contributed by atoms with E-state index in [-0.39, 0.29) is 0 Å². The average molecular weight is 327 g/mol. The van der Waals surface area contributed by atoms with Crippen molar-refractivity contribution in [3.8, 4) is 0 Å². The number of nitrogens with zero attached hydrogens (tertiary/aromatic N) is 1. The van der Waals surface area contributed by atoms with Gasteiger partial charge in [0.15, 0.2) is 0 Å². The predicted molar refractivity (Wildman–Crippen MR) is 88.7 cm³/mol. The lowest BCUT2D eigenvalue weighted by Crippen LogP contribution is -2.45. The molecule has 1 N–H and O–H groups in total. The number of allylic oxidation sites excluding steroid dienone is 1. The van der Waals surface area contributed by atoms with Gasteiger partial charge in [0, 0.05) is 0 Å². The van der Waals surface area contributed by atoms with E-state index in [2.05, 4.69) is 6.58 Å². The predicted octanol–water partition coefficient (Wildman–Crippen LogP) is 3.26. The average Bonchev–Trinajstić information content (AvgIpc) is 2.80. The first-order chi connectivity index (χ1) is 11.5. The van der Waals surface area contributed by atoms with Gasteiger partial charge in [0.05, 0.1) is 11.1 Å². The zero-order valence-electron chi connectivity index (χ0n) is 13.5. The third-order valence-electron chi connectivity index (χ3n) is 4.99. The van der Waals surface area contributed by atoms with Crippen LogP contribution in [0.25, 0.3) is 0 Å². The molecule has 2 aliphatic rings. The van der Waals surface area contributed by atoms with Crippen molar-refractivity contribution in [1.82, 2.24) is 4.90 Å². The van der Waals surface area contributed by atoms with Crippen LogP contribution in [0.5, 0.6) is 0 Å². The van der Waals surface area contributed by atoms with Crippen LogP contribution in [0.3, 0.4) is 0 Å². The molecule has 5 heteroatoms. The number of carboxylic acid groups (broad SMARTS) is 1. The van der Waals surface area contributed by atoms with E-state index in [1.807, 2.05) is 0 Å². The molecule has 2 amide bonds. The van der Waals surface area contributed by atoms with E-state index in [9.17, 15) is 19.5 Å². The molecule has 3 rings (SSSR count). The number of carboxylic acids is 1. The quantitative estimate of drug-likeness (QED) is 0.665. The third kappa shape index (κ3) is 2.98. The van der Waals surface area contributed by atoms with Crippen molar-refractivity contribution in [2.45, 2.75) is 44.6 Å². The minimum absolute atomic E-state index is 0.290. The summed E-state index contributed by atoms with van der Waals surface area (Å²) >= 11 is 0. The topological polar surface area (TPSA) is 74.7 Å². The van der Waals surface area contributed by atoms with Crippen LogP contribution < -0.4 is 0 Å². The Hall–Kier alpha value is -2.43. The van der Waals surface area contributed by atoms with Crippen LogP contribution in [-0.2, 0) is 4.79 Å². The molecule has 2 atom stereocenters. The molecule has 1 aromatic rings. The number of fused-ring (bicyclic) bond motifs is 1. The molecule has 0 radical (unpaired) electrons. The van der Waals surface area contributed by atoms with Crippen LogP contribution in [-0.4, -0.2) is 33.8 Å². The molecule has 1 aliphatic heterocycles. The smallest absolute Gasteiger partial charge is 0.326 e. The van der Waals surface area contributed by atoms with Crippen molar-refractivity contribution in [2.75, 3.05) is 0 Å². The molecule has 24 heavy (non-hydrogen) atoms. The number of imide groups is 1. The molecule has 2 unspecified atom stereocenters. The molecule has 1 fully saturated rings. The monoisotopic (exact) mass is 327 g/mol. The van der Waals surface area contributed by atoms with Crippen molar-refractivity contribution in [2.24, 2.45) is 5.92 Å². The number of amides is 2. The van der Waals surface area contributed by atoms with Gasteiger partial charge in [-0.1, -0.05) is 24.3 Å². The number of aliphatic carboxylic acids is 1. The zero-order valence-corrected chi connectivity index (χ0v) is 13.5. The van der Waals surface area contributed by atoms with Crippen molar-refractivity contribution >= 4 is 17.8 Å². The molecule has 0 saturated heterocycles. The lowest BCUT2D eigenvalue weighted by Gasteiger charge is -2.27. The Morgan fingerprint density at radius 2 is 1.88 bits per heavy atom. The van der Waals surface area contributed by atoms with Crippen LogP contribution in [0.15, 0.2) is 36.4 Å². The number of rotatable bonds is 5. The Kier molecular flexibility index (Phi) is 4.51. The summed E-state index contributed by atoms with van der Waals surface area (Å²) in [6.45, 7) is 4.02. The van der Waals surface area contributed by atoms with E-state index in [4.69, 9.17) is 0 Å². The zero-order chi connectivity index (χ0) is 17.3. The maximum absolute atomic E-state index is 12.5. The van der Waals surface area contributed by atoms with Crippen LogP contribution >= 0.6 is 0 Å². The van der Waals surface area contributed by atoms with Crippen LogP contribution in [0.2, 0.25) is 0 Å². The van der Waals surface area contributed by atoms with Gasteiger partial charge in [-0.25, -0.2) is 4.79 Å². The standard InChI is InChI=1S/C19H21NO4/c1-12-5-4-6-13(11-12)9-10-16(19(23)24)20-17(21)14-7-2-3-8-15(14)18(20)22/h2-3,7-8,13,16H,1,4-6,9-11H2,(H,23,24). The van der Waals surface area contributed by atoms with Gasteiger partial charge in [-0.2, -0.15) is 0 Å². The van der Waals surface area contributed by atoms with Gasteiger partial charge in [-0.05, 0) is 56.6 Å². The van der Waals surface area contributed by atoms with Crippen molar-refractivity contribution in [3.05, 3.63) is 47.5 Å². The SMILES string of the molecule is C=C1CCCC(CCC(C(=O)O)N2C(=O)c3ccccc3C2=O)C1. The molecule has 1 heterocycles. The number of carbonyl (C=O) groups excluding carboxylic acids is 2. The third-order valence-corrected chi connectivity index (χ3v) is 4.99. The van der Waals surface area contributed by atoms with Gasteiger partial charge in [-0.15, -0.1) is 0 Å². The van der Waals surface area contributed by atoms with E-state index in [1.165, 1.54) is 5.57 Å². The first-order valence-corrected chi connectivity index (χ1v) is 8.35. The van der Waals surface area contributed by atoms with E-state index in [0.717, 1.165) is 30.6 Å². The summed E-state index contributed by atoms with van der Waals surface area (Å²) in [6, 6.07) is 5.39. The van der Waals surface area contributed by atoms with E-state index < -0.39 is 23.8 Å². The summed E-state index contributed by atoms with van der Waals surface area (Å²) in [6.07, 6.45) is 5.05. The Morgan fingerprint density at radius 1 is 1.25 bits per heavy atom. The van der Waals surface area contributed by atoms with Gasteiger partial charge in [0.2, 0.25) is 0 Å². The van der Waals surface area contributed by atoms with Crippen LogP contribution in [0.1, 0.15) is 59.2 Å². The van der Waals surface area contributed by atoms with E-state index in [1.54, 1.807) is 24.3 Å². The number of carbonyl (C=O) groups is 3. The molecule has 0 bridgehead atoms. The van der Waals surface area contributed by atoms with Crippen molar-refractivity contribution in [1.29, 1.82) is 0 Å². The second-order valence-corrected chi connectivity index (χ2v) is 6.67. The minimum atomic E-state index is -1.13. The highest BCUT2D eigenvalue weighted by molar-refractivity contribution is 6.22. The Bertz CT molecular complexity index is 674. The fourth-order valence-electron chi connectivity index (χ4n) is 3.75. The summed E-state index contributed by atoms with van der Waals surface area (Å²) < 4.78 is 0. The second kappa shape index (κ2) is 6.59. The Labute approximate surface area is 141 Å². The lowest BCUT2D eigenvalue weighted by atomic mass is 9.83. The summed E-state index contributed by atoms with van der Waals surface area (Å²) in [5.41, 5.74) is 1.79. The molecule has 1 aromatic carbocycles. The fraction of sp³-hybridized carbons (Fsp3) is 0.421. The van der Waals surface area contributed by atoms with Crippen molar-refractivity contribution in [3.63, 3.8) is 0 Å². The molecule has 1 aliphatic carbocycles. The van der Waals surface area contributed by atoms with Crippen molar-refractivity contribution < 1.29 is 19.5 Å². The van der Waals surface area contributed by atoms with E-state index >= 15 is 0 Å². The van der Waals surface area contributed by atoms with Gasteiger partial charge in [0.1, 0.15) is 6.04 Å². The van der Waals surface area contributed by atoms with Crippen LogP contribution in [0.4, 0.5) is 0 Å². The molecule has 5 nitrogen and oxygen atoms in total. The maximum Gasteiger partial charge on any atom is 0.326 e. The Balaban J connectivity index is 1.75. The Morgan fingerprint density at radius 3 is 2.42 bits per heavy atom. The second-order valence-electron chi connectivity index (χ2n) is 6.67. The number of hydrogen-bond acceptors (Lipinski definition) is 3. The van der Waals surface area contributed by atoms with Crippen LogP contribution in [0, 0.1) is 5.92 Å². The normalized spacial score (nSPS) is 21.8. The highest BCUT2D eigenvalue weighted by Gasteiger charge is 2.42. The molecule has 0 aromatic heterocycles. The highest BCUT2D eigenvalue weighted by Crippen LogP contribution is 2.32. The maximum atomic E-state index is 12.5. The molecular weight excluding hydrogens is 306 g/mol. The highest BCUT2D eigenvalue weighted by atomic mass is 16.4. The van der Waals surface area contributed by atoms with E-state index in [0.29, 0.717) is 29.9 Å². The molecule has 0 spiro atoms. The van der Waals surface area contributed by atoms with Gasteiger partial charge >= 0.3 is 5.97 Å².